The van der Waals surface area contributed by atoms with Crippen molar-refractivity contribution in [1.29, 1.82) is 10.5 Å². The van der Waals surface area contributed by atoms with E-state index < -0.39 is 0 Å². The third-order valence-electron chi connectivity index (χ3n) is 8.55. The van der Waals surface area contributed by atoms with Crippen LogP contribution in [-0.4, -0.2) is 52.7 Å². The molecule has 9 heteroatoms. The fraction of sp³-hybridized carbons (Fsp3) is 0.0976. The number of hydrogen-bond donors (Lipinski definition) is 0. The summed E-state index contributed by atoms with van der Waals surface area (Å²) in [4.78, 5) is 9.28. The molecule has 0 atom stereocenters. The maximum atomic E-state index is 9.34. The highest BCUT2D eigenvalue weighted by molar-refractivity contribution is 5.73. The van der Waals surface area contributed by atoms with Gasteiger partial charge in [0.05, 0.1) is 46.0 Å². The molecule has 0 bridgehead atoms. The van der Waals surface area contributed by atoms with Gasteiger partial charge >= 0.3 is 0 Å². The molecule has 9 nitrogen and oxygen atoms in total. The number of benzene rings is 4. The summed E-state index contributed by atoms with van der Waals surface area (Å²) < 4.78 is 3.72. The first-order chi connectivity index (χ1) is 24.3. The molecule has 0 saturated heterocycles. The van der Waals surface area contributed by atoms with E-state index in [1.165, 1.54) is 0 Å². The summed E-state index contributed by atoms with van der Waals surface area (Å²) in [7, 11) is 8.07. The minimum Gasteiger partial charge on any atom is -0.378 e. The molecule has 0 unspecified atom stereocenters. The quantitative estimate of drug-likeness (QED) is 0.164. The predicted octanol–water partition coefficient (Wildman–Crippen LogP) is 8.00. The first-order valence-electron chi connectivity index (χ1n) is 16.1. The van der Waals surface area contributed by atoms with Crippen LogP contribution in [0.2, 0.25) is 0 Å². The van der Waals surface area contributed by atoms with Gasteiger partial charge < -0.3 is 9.80 Å². The lowest BCUT2D eigenvalue weighted by Crippen LogP contribution is -2.09. The summed E-state index contributed by atoms with van der Waals surface area (Å²) in [6, 6.07) is 45.8. The second kappa shape index (κ2) is 13.3. The van der Waals surface area contributed by atoms with Gasteiger partial charge in [-0.3, -0.25) is 0 Å². The van der Waals surface area contributed by atoms with Crippen LogP contribution in [0.3, 0.4) is 0 Å². The van der Waals surface area contributed by atoms with Crippen LogP contribution in [0.15, 0.2) is 127 Å². The number of nitrogens with zero attached hydrogens (tertiary/aromatic N) is 9. The number of pyridine rings is 1. The Morgan fingerprint density at radius 2 is 0.840 bits per heavy atom. The highest BCUT2D eigenvalue weighted by Gasteiger charge is 2.18. The Labute approximate surface area is 291 Å². The van der Waals surface area contributed by atoms with Crippen LogP contribution in [0.5, 0.6) is 0 Å². The minimum absolute atomic E-state index is 0.591. The molecule has 7 rings (SSSR count). The van der Waals surface area contributed by atoms with Gasteiger partial charge in [0.2, 0.25) is 0 Å². The molecule has 0 N–H and O–H groups in total. The van der Waals surface area contributed by atoms with Gasteiger partial charge in [-0.05, 0) is 72.8 Å². The standard InChI is InChI=1S/C41H33N9/c1-47(2)34-20-16-32(17-21-34)38-24-36(30-12-8-28(26-42)9-13-30)45-49(38)40-6-5-7-41(44-40)50-39(33-18-22-35(23-19-33)48(3)4)25-37(46-50)31-14-10-29(27-43)11-15-31/h5-25H,1-4H3. The largest absolute Gasteiger partial charge is 0.378 e. The average Bonchev–Trinajstić information content (AvgIpc) is 3.81. The smallest absolute Gasteiger partial charge is 0.156 e. The van der Waals surface area contributed by atoms with E-state index in [0.717, 1.165) is 56.4 Å². The molecule has 0 fully saturated rings. The SMILES string of the molecule is CN(C)c1ccc(-c2cc(-c3ccc(C#N)cc3)nn2-c2cccc(-n3nc(-c4ccc(C#N)cc4)cc3-c3ccc(N(C)C)cc3)n2)cc1. The van der Waals surface area contributed by atoms with Gasteiger partial charge in [0.15, 0.2) is 11.6 Å². The first-order valence-corrected chi connectivity index (χ1v) is 16.1. The van der Waals surface area contributed by atoms with E-state index in [1.807, 2.05) is 80.0 Å². The number of hydrogen-bond acceptors (Lipinski definition) is 7. The van der Waals surface area contributed by atoms with Crippen molar-refractivity contribution in [2.24, 2.45) is 0 Å². The molecule has 0 saturated carbocycles. The topological polar surface area (TPSA) is 103 Å². The van der Waals surface area contributed by atoms with E-state index in [1.54, 1.807) is 24.3 Å². The van der Waals surface area contributed by atoms with Crippen LogP contribution < -0.4 is 9.80 Å². The number of anilines is 2. The lowest BCUT2D eigenvalue weighted by Gasteiger charge is -2.14. The number of rotatable bonds is 8. The van der Waals surface area contributed by atoms with Gasteiger partial charge in [0.1, 0.15) is 0 Å². The monoisotopic (exact) mass is 651 g/mol. The van der Waals surface area contributed by atoms with Crippen molar-refractivity contribution >= 4 is 11.4 Å². The summed E-state index contributed by atoms with van der Waals surface area (Å²) in [5.74, 6) is 1.25. The van der Waals surface area contributed by atoms with Gasteiger partial charge in [0.25, 0.3) is 0 Å². The van der Waals surface area contributed by atoms with Crippen LogP contribution in [-0.2, 0) is 0 Å². The molecule has 0 aliphatic carbocycles. The van der Waals surface area contributed by atoms with E-state index in [9.17, 15) is 10.5 Å². The molecular formula is C41H33N9. The summed E-state index contributed by atoms with van der Waals surface area (Å²) in [5, 5.41) is 28.8. The van der Waals surface area contributed by atoms with Crippen LogP contribution in [0.1, 0.15) is 11.1 Å². The van der Waals surface area contributed by atoms with Crippen molar-refractivity contribution in [2.75, 3.05) is 38.0 Å². The Morgan fingerprint density at radius 3 is 1.18 bits per heavy atom. The Hall–Kier alpha value is -6.97. The molecule has 7 aromatic rings. The normalized spacial score (nSPS) is 10.8. The van der Waals surface area contributed by atoms with Crippen molar-refractivity contribution in [3.8, 4) is 68.8 Å². The van der Waals surface area contributed by atoms with E-state index in [0.29, 0.717) is 22.8 Å². The van der Waals surface area contributed by atoms with Crippen molar-refractivity contribution < 1.29 is 0 Å². The van der Waals surface area contributed by atoms with Crippen LogP contribution in [0.25, 0.3) is 56.7 Å². The van der Waals surface area contributed by atoms with Crippen molar-refractivity contribution in [1.82, 2.24) is 24.5 Å². The van der Waals surface area contributed by atoms with E-state index in [-0.39, 0.29) is 0 Å². The Balaban J connectivity index is 1.37. The fourth-order valence-electron chi connectivity index (χ4n) is 5.74. The van der Waals surface area contributed by atoms with Crippen molar-refractivity contribution in [3.05, 3.63) is 139 Å². The zero-order valence-corrected chi connectivity index (χ0v) is 28.1. The molecule has 0 radical (unpaired) electrons. The third-order valence-corrected chi connectivity index (χ3v) is 8.55. The minimum atomic E-state index is 0.591. The second-order valence-corrected chi connectivity index (χ2v) is 12.3. The summed E-state index contributed by atoms with van der Waals surface area (Å²) in [6.45, 7) is 0. The maximum absolute atomic E-state index is 9.34. The molecule has 4 aromatic carbocycles. The van der Waals surface area contributed by atoms with Crippen molar-refractivity contribution in [2.45, 2.75) is 0 Å². The second-order valence-electron chi connectivity index (χ2n) is 12.3. The van der Waals surface area contributed by atoms with Gasteiger partial charge in [-0.25, -0.2) is 14.3 Å². The molecule has 0 aliphatic heterocycles. The molecule has 0 spiro atoms. The summed E-state index contributed by atoms with van der Waals surface area (Å²) in [5.41, 5.74) is 10.4. The highest BCUT2D eigenvalue weighted by Crippen LogP contribution is 2.32. The zero-order chi connectivity index (χ0) is 34.8. The lowest BCUT2D eigenvalue weighted by molar-refractivity contribution is 0.813. The van der Waals surface area contributed by atoms with Crippen LogP contribution >= 0.6 is 0 Å². The average molecular weight is 652 g/mol. The first kappa shape index (κ1) is 31.6. The number of nitriles is 2. The number of aromatic nitrogens is 5. The van der Waals surface area contributed by atoms with E-state index in [2.05, 4.69) is 82.6 Å². The highest BCUT2D eigenvalue weighted by atomic mass is 15.4. The van der Waals surface area contributed by atoms with Gasteiger partial charge in [-0.1, -0.05) is 54.6 Å². The van der Waals surface area contributed by atoms with Gasteiger partial charge in [-0.2, -0.15) is 20.7 Å². The zero-order valence-electron chi connectivity index (χ0n) is 28.1. The molecule has 0 amide bonds. The van der Waals surface area contributed by atoms with Crippen LogP contribution in [0, 0.1) is 22.7 Å². The molecule has 50 heavy (non-hydrogen) atoms. The van der Waals surface area contributed by atoms with E-state index in [4.69, 9.17) is 15.2 Å². The van der Waals surface area contributed by atoms with Gasteiger partial charge in [0, 0.05) is 61.8 Å². The van der Waals surface area contributed by atoms with E-state index >= 15 is 0 Å². The molecule has 0 aliphatic rings. The van der Waals surface area contributed by atoms with Crippen molar-refractivity contribution in [3.63, 3.8) is 0 Å². The Morgan fingerprint density at radius 1 is 0.480 bits per heavy atom. The third kappa shape index (κ3) is 6.19. The molecular weight excluding hydrogens is 619 g/mol. The molecule has 3 heterocycles. The summed E-state index contributed by atoms with van der Waals surface area (Å²) >= 11 is 0. The Kier molecular flexibility index (Phi) is 8.39. The maximum Gasteiger partial charge on any atom is 0.156 e. The summed E-state index contributed by atoms with van der Waals surface area (Å²) in [6.07, 6.45) is 0. The fourth-order valence-corrected chi connectivity index (χ4v) is 5.74. The Bertz CT molecular complexity index is 2200. The molecule has 242 valence electrons. The van der Waals surface area contributed by atoms with Gasteiger partial charge in [-0.15, -0.1) is 0 Å². The predicted molar refractivity (Wildman–Crippen MR) is 198 cm³/mol. The molecule has 3 aromatic heterocycles. The van der Waals surface area contributed by atoms with Crippen LogP contribution in [0.4, 0.5) is 11.4 Å². The lowest BCUT2D eigenvalue weighted by atomic mass is 10.1.